The summed E-state index contributed by atoms with van der Waals surface area (Å²) in [6.45, 7) is -3.66. The topological polar surface area (TPSA) is 80.3 Å². The van der Waals surface area contributed by atoms with Crippen molar-refractivity contribution in [3.8, 4) is 23.0 Å². The molecular weight excluding hydrogens is 510 g/mol. The first-order valence-corrected chi connectivity index (χ1v) is 14.2. The molecule has 0 fully saturated rings. The average molecular weight is 533 g/mol. The summed E-state index contributed by atoms with van der Waals surface area (Å²) in [5.74, 6) is 1.67. The Balaban J connectivity index is 0.000000196. The van der Waals surface area contributed by atoms with Gasteiger partial charge in [0.1, 0.15) is 23.0 Å². The van der Waals surface area contributed by atoms with E-state index in [1.165, 1.54) is 7.11 Å². The first-order chi connectivity index (χ1) is 16.9. The van der Waals surface area contributed by atoms with Crippen LogP contribution < -0.4 is 18.1 Å². The van der Waals surface area contributed by atoms with E-state index in [0.717, 1.165) is 0 Å². The second-order valence-electron chi connectivity index (χ2n) is 6.68. The number of hydrogen-bond acceptors (Lipinski definition) is 7. The molecule has 10 heteroatoms. The fourth-order valence-electron chi connectivity index (χ4n) is 2.55. The van der Waals surface area contributed by atoms with Crippen molar-refractivity contribution in [1.29, 1.82) is 0 Å². The summed E-state index contributed by atoms with van der Waals surface area (Å²) < 4.78 is 49.7. The van der Waals surface area contributed by atoms with Gasteiger partial charge in [-0.2, -0.15) is 0 Å². The quantitative estimate of drug-likeness (QED) is 0.200. The molecule has 4 aromatic rings. The molecule has 35 heavy (non-hydrogen) atoms. The Morgan fingerprint density at radius 1 is 0.486 bits per heavy atom. The van der Waals surface area contributed by atoms with Crippen molar-refractivity contribution in [1.82, 2.24) is 0 Å². The predicted octanol–water partition coefficient (Wildman–Crippen LogP) is 8.39. The molecule has 7 nitrogen and oxygen atoms in total. The molecule has 0 amide bonds. The maximum atomic E-state index is 12.3. The van der Waals surface area contributed by atoms with Crippen molar-refractivity contribution in [2.45, 2.75) is 0 Å². The number of halogens is 1. The lowest BCUT2D eigenvalue weighted by atomic mass is 10.3. The zero-order chi connectivity index (χ0) is 25.0. The standard InChI is InChI=1S/C13H13O4P.C12H10ClO3P/c1-15-18(14,16-12-8-4-2-5-9-12)17-13-10-6-3-7-11-13;13-17(14,15-11-7-3-1-4-8-11)16-12-9-5-2-6-10-12/h2-11H,1H3;1-10H. The van der Waals surface area contributed by atoms with E-state index in [1.807, 2.05) is 24.3 Å². The Morgan fingerprint density at radius 3 is 1.00 bits per heavy atom. The Kier molecular flexibility index (Phi) is 9.83. The normalized spacial score (nSPS) is 10.9. The van der Waals surface area contributed by atoms with Gasteiger partial charge in [0.2, 0.25) is 0 Å². The summed E-state index contributed by atoms with van der Waals surface area (Å²) >= 11 is 5.72. The van der Waals surface area contributed by atoms with Gasteiger partial charge in [-0.15, -0.1) is 0 Å². The van der Waals surface area contributed by atoms with Gasteiger partial charge in [0.05, 0.1) is 0 Å². The summed E-state index contributed by atoms with van der Waals surface area (Å²) in [5.41, 5.74) is 0. The van der Waals surface area contributed by atoms with Crippen LogP contribution in [0.25, 0.3) is 0 Å². The molecule has 0 aliphatic heterocycles. The van der Waals surface area contributed by atoms with Crippen molar-refractivity contribution in [2.24, 2.45) is 0 Å². The van der Waals surface area contributed by atoms with Crippen molar-refractivity contribution in [3.63, 3.8) is 0 Å². The van der Waals surface area contributed by atoms with Crippen molar-refractivity contribution < 1.29 is 31.7 Å². The molecule has 0 saturated carbocycles. The number of phosphoric ester groups is 1. The largest absolute Gasteiger partial charge is 0.587 e. The number of para-hydroxylation sites is 4. The average Bonchev–Trinajstić information content (AvgIpc) is 2.86. The molecule has 0 bridgehead atoms. The van der Waals surface area contributed by atoms with Crippen LogP contribution in [0.2, 0.25) is 0 Å². The van der Waals surface area contributed by atoms with E-state index in [0.29, 0.717) is 23.0 Å². The molecule has 0 N–H and O–H groups in total. The SMILES string of the molecule is COP(=O)(Oc1ccccc1)Oc1ccccc1.O=P(Cl)(Oc1ccccc1)Oc1ccccc1. The highest BCUT2D eigenvalue weighted by Gasteiger charge is 2.28. The first-order valence-electron chi connectivity index (χ1n) is 10.3. The van der Waals surface area contributed by atoms with Gasteiger partial charge in [-0.3, -0.25) is 4.52 Å². The highest BCUT2D eigenvalue weighted by atomic mass is 35.7. The minimum absolute atomic E-state index is 0.404. The molecule has 0 aliphatic carbocycles. The molecule has 0 unspecified atom stereocenters. The van der Waals surface area contributed by atoms with Crippen LogP contribution in [0.1, 0.15) is 0 Å². The van der Waals surface area contributed by atoms with Crippen LogP contribution >= 0.6 is 26.0 Å². The van der Waals surface area contributed by atoms with Gasteiger partial charge < -0.3 is 18.1 Å². The Labute approximate surface area is 209 Å². The van der Waals surface area contributed by atoms with E-state index in [-0.39, 0.29) is 0 Å². The van der Waals surface area contributed by atoms with Crippen LogP contribution in [0.4, 0.5) is 0 Å². The van der Waals surface area contributed by atoms with E-state index < -0.39 is 14.8 Å². The Morgan fingerprint density at radius 2 is 0.743 bits per heavy atom. The van der Waals surface area contributed by atoms with Gasteiger partial charge in [0.25, 0.3) is 0 Å². The lowest BCUT2D eigenvalue weighted by molar-refractivity contribution is 0.250. The summed E-state index contributed by atoms with van der Waals surface area (Å²) in [4.78, 5) is 0. The van der Waals surface area contributed by atoms with E-state index in [4.69, 9.17) is 33.9 Å². The van der Waals surface area contributed by atoms with Crippen LogP contribution in [-0.4, -0.2) is 7.11 Å². The summed E-state index contributed by atoms with van der Waals surface area (Å²) in [5, 5.41) is 0. The van der Waals surface area contributed by atoms with Gasteiger partial charge in [0, 0.05) is 18.4 Å². The van der Waals surface area contributed by atoms with Gasteiger partial charge in [-0.1, -0.05) is 72.8 Å². The van der Waals surface area contributed by atoms with E-state index in [9.17, 15) is 9.13 Å². The fourth-order valence-corrected chi connectivity index (χ4v) is 4.76. The van der Waals surface area contributed by atoms with Crippen molar-refractivity contribution in [2.75, 3.05) is 7.11 Å². The first kappa shape index (κ1) is 26.4. The van der Waals surface area contributed by atoms with Crippen molar-refractivity contribution >= 4 is 26.0 Å². The van der Waals surface area contributed by atoms with Gasteiger partial charge >= 0.3 is 14.8 Å². The van der Waals surface area contributed by atoms with E-state index >= 15 is 0 Å². The van der Waals surface area contributed by atoms with E-state index in [2.05, 4.69) is 0 Å². The zero-order valence-corrected chi connectivity index (χ0v) is 21.2. The van der Waals surface area contributed by atoms with Crippen LogP contribution in [0.3, 0.4) is 0 Å². The van der Waals surface area contributed by atoms with Gasteiger partial charge in [-0.05, 0) is 48.5 Å². The molecule has 4 rings (SSSR count). The monoisotopic (exact) mass is 532 g/mol. The highest BCUT2D eigenvalue weighted by Crippen LogP contribution is 2.53. The van der Waals surface area contributed by atoms with Crippen LogP contribution in [0, 0.1) is 0 Å². The smallest absolute Gasteiger partial charge is 0.405 e. The van der Waals surface area contributed by atoms with Gasteiger partial charge in [0.15, 0.2) is 0 Å². The number of rotatable bonds is 9. The van der Waals surface area contributed by atoms with Crippen LogP contribution in [0.5, 0.6) is 23.0 Å². The molecule has 0 aliphatic rings. The molecular formula is C25H23ClO7P2. The van der Waals surface area contributed by atoms with E-state index in [1.54, 1.807) is 97.1 Å². The zero-order valence-electron chi connectivity index (χ0n) is 18.7. The maximum absolute atomic E-state index is 12.3. The molecule has 0 spiro atoms. The molecule has 4 aromatic carbocycles. The molecule has 182 valence electrons. The number of benzene rings is 4. The number of phosphoric acid groups is 1. The third-order valence-electron chi connectivity index (χ3n) is 4.06. The summed E-state index contributed by atoms with van der Waals surface area (Å²) in [7, 11) is -2.36. The summed E-state index contributed by atoms with van der Waals surface area (Å²) in [6, 6.07) is 34.8. The Bertz CT molecular complexity index is 1150. The van der Waals surface area contributed by atoms with Crippen molar-refractivity contribution in [3.05, 3.63) is 121 Å². The minimum Gasteiger partial charge on any atom is -0.405 e. The maximum Gasteiger partial charge on any atom is 0.587 e. The minimum atomic E-state index is -3.66. The highest BCUT2D eigenvalue weighted by molar-refractivity contribution is 7.82. The summed E-state index contributed by atoms with van der Waals surface area (Å²) in [6.07, 6.45) is 0. The molecule has 0 saturated heterocycles. The number of hydrogen-bond donors (Lipinski definition) is 0. The fraction of sp³-hybridized carbons (Fsp3) is 0.0400. The second-order valence-corrected chi connectivity index (χ2v) is 10.8. The molecule has 0 aromatic heterocycles. The second kappa shape index (κ2) is 13.0. The molecule has 0 radical (unpaired) electrons. The molecule has 0 heterocycles. The van der Waals surface area contributed by atoms with Crippen LogP contribution in [-0.2, 0) is 13.7 Å². The third kappa shape index (κ3) is 9.51. The van der Waals surface area contributed by atoms with Gasteiger partial charge in [-0.25, -0.2) is 9.13 Å². The molecule has 0 atom stereocenters. The lowest BCUT2D eigenvalue weighted by Crippen LogP contribution is -2.02. The Hall–Kier alpha value is -3.21. The van der Waals surface area contributed by atoms with Crippen LogP contribution in [0.15, 0.2) is 121 Å². The lowest BCUT2D eigenvalue weighted by Gasteiger charge is -2.16. The third-order valence-corrected chi connectivity index (χ3v) is 6.65. The predicted molar refractivity (Wildman–Crippen MR) is 136 cm³/mol.